The highest BCUT2D eigenvalue weighted by atomic mass is 32.2. The van der Waals surface area contributed by atoms with Crippen molar-refractivity contribution in [1.29, 1.82) is 0 Å². The monoisotopic (exact) mass is 349 g/mol. The smallest absolute Gasteiger partial charge is 0.229 e. The Labute approximate surface area is 140 Å². The largest absolute Gasteiger partial charge is 0.315 e. The molecule has 23 heavy (non-hydrogen) atoms. The molecule has 3 aliphatic rings. The van der Waals surface area contributed by atoms with Crippen molar-refractivity contribution in [3.8, 4) is 0 Å². The maximum absolute atomic E-state index is 11.3. The molecule has 2 heterocycles. The van der Waals surface area contributed by atoms with Crippen LogP contribution in [0.15, 0.2) is 34.7 Å². The van der Waals surface area contributed by atoms with Crippen LogP contribution in [0.3, 0.4) is 0 Å². The molecule has 0 unspecified atom stereocenters. The molecule has 0 radical (unpaired) electrons. The van der Waals surface area contributed by atoms with Crippen molar-refractivity contribution >= 4 is 38.3 Å². The molecule has 2 aliphatic heterocycles. The van der Waals surface area contributed by atoms with Crippen molar-refractivity contribution in [3.05, 3.63) is 35.2 Å². The third-order valence-corrected chi connectivity index (χ3v) is 5.99. The lowest BCUT2D eigenvalue weighted by Gasteiger charge is -2.32. The van der Waals surface area contributed by atoms with Gasteiger partial charge in [-0.1, -0.05) is 36.7 Å². The number of thioether (sulfide) groups is 1. The predicted molar refractivity (Wildman–Crippen MR) is 95.8 cm³/mol. The van der Waals surface area contributed by atoms with Crippen LogP contribution < -0.4 is 4.72 Å². The first-order valence-corrected chi connectivity index (χ1v) is 10.6. The fourth-order valence-electron chi connectivity index (χ4n) is 3.55. The van der Waals surface area contributed by atoms with E-state index in [1.807, 2.05) is 24.3 Å². The highest BCUT2D eigenvalue weighted by molar-refractivity contribution is 8.16. The molecule has 0 bridgehead atoms. The molecule has 2 atom stereocenters. The number of fused-ring (bicyclic) bond motifs is 3. The summed E-state index contributed by atoms with van der Waals surface area (Å²) in [4.78, 5) is 7.26. The summed E-state index contributed by atoms with van der Waals surface area (Å²) in [5, 5.41) is 3.28. The normalized spacial score (nSPS) is 26.4. The van der Waals surface area contributed by atoms with Gasteiger partial charge in [0.25, 0.3) is 0 Å². The Morgan fingerprint density at radius 1 is 1.22 bits per heavy atom. The first kappa shape index (κ1) is 15.1. The number of rotatable bonds is 3. The zero-order chi connectivity index (χ0) is 16.0. The second-order valence-corrected chi connectivity index (χ2v) is 8.86. The number of aliphatic imine (C=N–C) groups is 1. The van der Waals surface area contributed by atoms with Gasteiger partial charge in [-0.3, -0.25) is 9.71 Å². The lowest BCUT2D eigenvalue weighted by molar-refractivity contribution is 0.305. The lowest BCUT2D eigenvalue weighted by atomic mass is 9.90. The van der Waals surface area contributed by atoms with Gasteiger partial charge in [0, 0.05) is 11.1 Å². The van der Waals surface area contributed by atoms with Gasteiger partial charge >= 0.3 is 0 Å². The third kappa shape index (κ3) is 2.87. The first-order valence-electron chi connectivity index (χ1n) is 7.83. The molecule has 1 saturated carbocycles. The van der Waals surface area contributed by atoms with Crippen molar-refractivity contribution in [2.75, 3.05) is 11.0 Å². The van der Waals surface area contributed by atoms with Gasteiger partial charge in [0.1, 0.15) is 0 Å². The minimum atomic E-state index is -3.24. The first-order chi connectivity index (χ1) is 11.0. The second kappa shape index (κ2) is 5.56. The molecule has 5 nitrogen and oxygen atoms in total. The number of nitrogens with zero attached hydrogens (tertiary/aromatic N) is 2. The number of amidine groups is 1. The Balaban J connectivity index is 1.58. The summed E-state index contributed by atoms with van der Waals surface area (Å²) in [5.74, 6) is 0. The number of benzene rings is 1. The number of anilines is 1. The summed E-state index contributed by atoms with van der Waals surface area (Å²) in [6.45, 7) is 0. The molecule has 1 aromatic carbocycles. The van der Waals surface area contributed by atoms with E-state index < -0.39 is 10.0 Å². The second-order valence-electron chi connectivity index (χ2n) is 6.27. The molecule has 1 N–H and O–H groups in total. The molecule has 0 spiro atoms. The van der Waals surface area contributed by atoms with Gasteiger partial charge in [-0.05, 0) is 30.5 Å². The van der Waals surface area contributed by atoms with Crippen molar-refractivity contribution in [2.24, 2.45) is 4.99 Å². The molecular weight excluding hydrogens is 330 g/mol. The zero-order valence-electron chi connectivity index (χ0n) is 12.9. The summed E-state index contributed by atoms with van der Waals surface area (Å²) in [5.41, 5.74) is 2.88. The lowest BCUT2D eigenvalue weighted by Crippen LogP contribution is -2.38. The van der Waals surface area contributed by atoms with E-state index >= 15 is 0 Å². The van der Waals surface area contributed by atoms with Crippen molar-refractivity contribution in [1.82, 2.24) is 4.90 Å². The van der Waals surface area contributed by atoms with E-state index in [9.17, 15) is 8.42 Å². The van der Waals surface area contributed by atoms with Gasteiger partial charge in [-0.2, -0.15) is 0 Å². The standard InChI is InChI=1S/C16H19N3O2S2/c1-23(20,21)18-12-8-6-11(7-9-12)15-10-22-16-17-13-4-2-3-5-14(13)19(15)16/h6-10,13-14,18H,2-5H2,1H3/t13-,14-/m1/s1. The van der Waals surface area contributed by atoms with Crippen LogP contribution in [-0.2, 0) is 10.0 Å². The summed E-state index contributed by atoms with van der Waals surface area (Å²) >= 11 is 1.70. The maximum atomic E-state index is 11.3. The SMILES string of the molecule is CS(=O)(=O)Nc1ccc(C2=CSC3=N[C@@H]4CCCC[C@H]4N23)cc1. The van der Waals surface area contributed by atoms with Crippen molar-refractivity contribution in [2.45, 2.75) is 37.8 Å². The predicted octanol–water partition coefficient (Wildman–Crippen LogP) is 3.09. The number of hydrogen-bond acceptors (Lipinski definition) is 5. The van der Waals surface area contributed by atoms with Crippen LogP contribution in [0.4, 0.5) is 5.69 Å². The zero-order valence-corrected chi connectivity index (χ0v) is 14.5. The molecule has 7 heteroatoms. The molecular formula is C16H19N3O2S2. The maximum Gasteiger partial charge on any atom is 0.229 e. The van der Waals surface area contributed by atoms with Gasteiger partial charge in [0.2, 0.25) is 10.0 Å². The average Bonchev–Trinajstić information content (AvgIpc) is 3.05. The fourth-order valence-corrected chi connectivity index (χ4v) is 5.13. The van der Waals surface area contributed by atoms with Gasteiger partial charge < -0.3 is 4.90 Å². The Morgan fingerprint density at radius 2 is 1.96 bits per heavy atom. The van der Waals surface area contributed by atoms with Crippen LogP contribution in [0.1, 0.15) is 31.2 Å². The van der Waals surface area contributed by atoms with Gasteiger partial charge in [-0.15, -0.1) is 0 Å². The van der Waals surface area contributed by atoms with Crippen LogP contribution in [-0.4, -0.2) is 36.8 Å². The number of nitrogens with one attached hydrogen (secondary N) is 1. The molecule has 1 fully saturated rings. The Morgan fingerprint density at radius 3 is 2.70 bits per heavy atom. The summed E-state index contributed by atoms with van der Waals surface area (Å²) in [6, 6.07) is 8.50. The van der Waals surface area contributed by atoms with Crippen LogP contribution in [0.25, 0.3) is 5.70 Å². The Bertz CT molecular complexity index is 784. The minimum Gasteiger partial charge on any atom is -0.315 e. The van der Waals surface area contributed by atoms with E-state index in [1.165, 1.54) is 31.4 Å². The molecule has 0 aromatic heterocycles. The van der Waals surface area contributed by atoms with Gasteiger partial charge in [0.15, 0.2) is 5.17 Å². The molecule has 1 aromatic rings. The Hall–Kier alpha value is -1.47. The van der Waals surface area contributed by atoms with Crippen molar-refractivity contribution in [3.63, 3.8) is 0 Å². The average molecular weight is 349 g/mol. The highest BCUT2D eigenvalue weighted by Crippen LogP contribution is 2.44. The highest BCUT2D eigenvalue weighted by Gasteiger charge is 2.41. The summed E-state index contributed by atoms with van der Waals surface area (Å²) < 4.78 is 25.1. The Kier molecular flexibility index (Phi) is 3.65. The molecule has 0 saturated heterocycles. The van der Waals surface area contributed by atoms with Crippen molar-refractivity contribution < 1.29 is 8.42 Å². The quantitative estimate of drug-likeness (QED) is 0.911. The number of hydrogen-bond donors (Lipinski definition) is 1. The summed E-state index contributed by atoms with van der Waals surface area (Å²) in [7, 11) is -3.24. The van der Waals surface area contributed by atoms with Crippen LogP contribution in [0.2, 0.25) is 0 Å². The van der Waals surface area contributed by atoms with Crippen LogP contribution >= 0.6 is 11.8 Å². The van der Waals surface area contributed by atoms with Gasteiger partial charge in [0.05, 0.1) is 24.0 Å². The molecule has 0 amide bonds. The number of sulfonamides is 1. The topological polar surface area (TPSA) is 61.8 Å². The minimum absolute atomic E-state index is 0.445. The molecule has 4 rings (SSSR count). The van der Waals surface area contributed by atoms with Crippen LogP contribution in [0, 0.1) is 0 Å². The van der Waals surface area contributed by atoms with Gasteiger partial charge in [-0.25, -0.2) is 8.42 Å². The third-order valence-electron chi connectivity index (χ3n) is 4.53. The van der Waals surface area contributed by atoms with E-state index in [0.29, 0.717) is 17.8 Å². The van der Waals surface area contributed by atoms with E-state index in [-0.39, 0.29) is 0 Å². The van der Waals surface area contributed by atoms with E-state index in [4.69, 9.17) is 4.99 Å². The fraction of sp³-hybridized carbons (Fsp3) is 0.438. The molecule has 1 aliphatic carbocycles. The van der Waals surface area contributed by atoms with E-state index in [2.05, 4.69) is 15.0 Å². The van der Waals surface area contributed by atoms with E-state index in [1.54, 1.807) is 11.8 Å². The summed E-state index contributed by atoms with van der Waals surface area (Å²) in [6.07, 6.45) is 6.10. The van der Waals surface area contributed by atoms with E-state index in [0.717, 1.165) is 17.0 Å². The molecule has 122 valence electrons. The van der Waals surface area contributed by atoms with Crippen LogP contribution in [0.5, 0.6) is 0 Å².